The van der Waals surface area contributed by atoms with Crippen molar-refractivity contribution in [2.45, 2.75) is 71.3 Å². The zero-order valence-electron chi connectivity index (χ0n) is 20.7. The summed E-state index contributed by atoms with van der Waals surface area (Å²) < 4.78 is 34.5. The Morgan fingerprint density at radius 1 is 1.11 bits per heavy atom. The maximum absolute atomic E-state index is 13.9. The van der Waals surface area contributed by atoms with E-state index in [1.807, 2.05) is 13.8 Å². The predicted octanol–water partition coefficient (Wildman–Crippen LogP) is 4.65. The number of nitrogens with two attached hydrogens (primary N) is 2. The highest BCUT2D eigenvalue weighted by Gasteiger charge is 2.46. The van der Waals surface area contributed by atoms with Crippen LogP contribution in [0, 0.1) is 0 Å². The summed E-state index contributed by atoms with van der Waals surface area (Å²) in [6.07, 6.45) is -0.0566. The van der Waals surface area contributed by atoms with Crippen LogP contribution >= 0.6 is 0 Å². The molecule has 0 fully saturated rings. The second kappa shape index (κ2) is 9.24. The van der Waals surface area contributed by atoms with Gasteiger partial charge in [-0.05, 0) is 33.3 Å². The molecule has 188 valence electrons. The van der Waals surface area contributed by atoms with Crippen LogP contribution in [0.2, 0.25) is 0 Å². The molecule has 10 heteroatoms. The number of rotatable bonds is 9. The number of primary amides is 1. The molecule has 1 atom stereocenters. The highest BCUT2D eigenvalue weighted by atomic mass is 19.3. The molecule has 8 nitrogen and oxygen atoms in total. The molecule has 1 unspecified atom stereocenters. The number of benzene rings is 1. The molecule has 2 aromatic heterocycles. The molecule has 0 aliphatic carbocycles. The number of nitrogen functional groups attached to an aromatic ring is 1. The molecule has 35 heavy (non-hydrogen) atoms. The number of carbonyl (C=O) groups excluding carboxylic acids is 2. The van der Waals surface area contributed by atoms with E-state index in [2.05, 4.69) is 10.3 Å². The van der Waals surface area contributed by atoms with Crippen molar-refractivity contribution in [3.8, 4) is 11.3 Å². The summed E-state index contributed by atoms with van der Waals surface area (Å²) in [6.45, 7) is 9.08. The number of hydrogen-bond donors (Lipinski definition) is 2. The molecule has 0 bridgehead atoms. The molecule has 4 N–H and O–H groups in total. The lowest BCUT2D eigenvalue weighted by Gasteiger charge is -2.28. The summed E-state index contributed by atoms with van der Waals surface area (Å²) in [7, 11) is 0. The van der Waals surface area contributed by atoms with Gasteiger partial charge in [-0.3, -0.25) is 9.59 Å². The predicted molar refractivity (Wildman–Crippen MR) is 128 cm³/mol. The van der Waals surface area contributed by atoms with Gasteiger partial charge in [0, 0.05) is 30.5 Å². The first-order valence-electron chi connectivity index (χ1n) is 11.3. The lowest BCUT2D eigenvalue weighted by molar-refractivity contribution is -0.119. The minimum atomic E-state index is -3.02. The summed E-state index contributed by atoms with van der Waals surface area (Å²) in [5.74, 6) is -4.11. The molecule has 3 rings (SSSR count). The van der Waals surface area contributed by atoms with Crippen molar-refractivity contribution in [1.82, 2.24) is 14.9 Å². The third kappa shape index (κ3) is 4.96. The van der Waals surface area contributed by atoms with Crippen molar-refractivity contribution in [2.75, 3.05) is 5.73 Å². The molecule has 0 aliphatic rings. The van der Waals surface area contributed by atoms with Gasteiger partial charge in [0.1, 0.15) is 28.6 Å². The first-order valence-corrected chi connectivity index (χ1v) is 11.3. The topological polar surface area (TPSA) is 130 Å². The van der Waals surface area contributed by atoms with Crippen LogP contribution in [-0.4, -0.2) is 32.6 Å². The fourth-order valence-corrected chi connectivity index (χ4v) is 3.64. The van der Waals surface area contributed by atoms with E-state index < -0.39 is 23.2 Å². The van der Waals surface area contributed by atoms with Crippen molar-refractivity contribution >= 4 is 17.5 Å². The smallest absolute Gasteiger partial charge is 0.257 e. The third-order valence-corrected chi connectivity index (χ3v) is 6.48. The molecule has 2 heterocycles. The third-order valence-electron chi connectivity index (χ3n) is 6.48. The van der Waals surface area contributed by atoms with Crippen LogP contribution in [0.15, 0.2) is 34.9 Å². The number of nitrogens with zero attached hydrogens (tertiary/aromatic N) is 3. The molecule has 0 spiro atoms. The van der Waals surface area contributed by atoms with Crippen molar-refractivity contribution in [3.63, 3.8) is 0 Å². The molecule has 0 aliphatic heterocycles. The highest BCUT2D eigenvalue weighted by molar-refractivity contribution is 6.03. The maximum Gasteiger partial charge on any atom is 0.257 e. The second-order valence-electron chi connectivity index (χ2n) is 9.69. The molecule has 3 aromatic rings. The quantitative estimate of drug-likeness (QED) is 0.452. The Bertz CT molecular complexity index is 1240. The summed E-state index contributed by atoms with van der Waals surface area (Å²) in [5, 5.41) is 8.28. The van der Waals surface area contributed by atoms with Gasteiger partial charge in [0.05, 0.1) is 17.5 Å². The van der Waals surface area contributed by atoms with Crippen LogP contribution < -0.4 is 11.5 Å². The first-order chi connectivity index (χ1) is 16.1. The Labute approximate surface area is 202 Å². The van der Waals surface area contributed by atoms with Crippen molar-refractivity contribution in [3.05, 3.63) is 52.9 Å². The largest absolute Gasteiger partial charge is 0.383 e. The fraction of sp³-hybridized carbons (Fsp3) is 0.440. The van der Waals surface area contributed by atoms with Crippen LogP contribution in [0.25, 0.3) is 11.3 Å². The van der Waals surface area contributed by atoms with E-state index in [1.165, 1.54) is 24.6 Å². The van der Waals surface area contributed by atoms with Crippen molar-refractivity contribution in [1.29, 1.82) is 0 Å². The van der Waals surface area contributed by atoms with Gasteiger partial charge >= 0.3 is 0 Å². The van der Waals surface area contributed by atoms with Crippen molar-refractivity contribution in [2.24, 2.45) is 5.73 Å². The molecule has 1 aromatic carbocycles. The molecule has 1 amide bonds. The van der Waals surface area contributed by atoms with Gasteiger partial charge in [0.25, 0.3) is 11.8 Å². The van der Waals surface area contributed by atoms with E-state index >= 15 is 0 Å². The van der Waals surface area contributed by atoms with Crippen LogP contribution in [0.4, 0.5) is 14.6 Å². The number of Topliss-reactive ketones (excluding diaryl/α,β-unsaturated/α-hetero) is 1. The summed E-state index contributed by atoms with van der Waals surface area (Å²) >= 11 is 0. The number of anilines is 1. The summed E-state index contributed by atoms with van der Waals surface area (Å²) in [5.41, 5.74) is 12.3. The van der Waals surface area contributed by atoms with E-state index in [0.717, 1.165) is 12.5 Å². The monoisotopic (exact) mass is 487 g/mol. The Morgan fingerprint density at radius 2 is 1.71 bits per heavy atom. The van der Waals surface area contributed by atoms with E-state index in [0.29, 0.717) is 17.0 Å². The average molecular weight is 488 g/mol. The van der Waals surface area contributed by atoms with Gasteiger partial charge < -0.3 is 16.0 Å². The minimum Gasteiger partial charge on any atom is -0.383 e. The highest BCUT2D eigenvalue weighted by Crippen LogP contribution is 2.39. The van der Waals surface area contributed by atoms with Crippen LogP contribution in [-0.2, 0) is 16.6 Å². The molecule has 0 saturated carbocycles. The fourth-order valence-electron chi connectivity index (χ4n) is 3.64. The average Bonchev–Trinajstić information content (AvgIpc) is 3.37. The van der Waals surface area contributed by atoms with Crippen LogP contribution in [0.1, 0.15) is 80.9 Å². The lowest BCUT2D eigenvalue weighted by atomic mass is 9.83. The maximum atomic E-state index is 13.9. The van der Waals surface area contributed by atoms with E-state index in [9.17, 15) is 18.4 Å². The van der Waals surface area contributed by atoms with Gasteiger partial charge in [0.2, 0.25) is 0 Å². The number of alkyl halides is 2. The number of amides is 1. The molecular formula is C25H31F2N5O3. The first kappa shape index (κ1) is 26.1. The Kier molecular flexibility index (Phi) is 6.88. The Hall–Kier alpha value is -3.56. The zero-order chi connectivity index (χ0) is 26.3. The van der Waals surface area contributed by atoms with Gasteiger partial charge in [-0.25, -0.2) is 13.5 Å². The lowest BCUT2D eigenvalue weighted by Crippen LogP contribution is -2.37. The second-order valence-corrected chi connectivity index (χ2v) is 9.69. The number of halogens is 2. The number of ketones is 1. The Balaban J connectivity index is 1.79. The Morgan fingerprint density at radius 3 is 2.23 bits per heavy atom. The van der Waals surface area contributed by atoms with Crippen LogP contribution in [0.5, 0.6) is 0 Å². The van der Waals surface area contributed by atoms with Gasteiger partial charge in [-0.15, -0.1) is 0 Å². The summed E-state index contributed by atoms with van der Waals surface area (Å²) in [4.78, 5) is 24.9. The number of aromatic nitrogens is 3. The molecule has 0 saturated heterocycles. The van der Waals surface area contributed by atoms with Gasteiger partial charge in [-0.1, -0.05) is 36.3 Å². The standard InChI is InChI=1S/C25H31F2N5O3/c1-13(2)32-22(28)20(23(29)34)21(30-32)16-9-7-15(8-10-16)14(3)18(33)11-17-12-19(35-31-17)24(4,5)25(6,26)27/h7-10,12-14H,11,28H2,1-6H3,(H2,29,34). The van der Waals surface area contributed by atoms with E-state index in [-0.39, 0.29) is 35.4 Å². The van der Waals surface area contributed by atoms with Gasteiger partial charge in [-0.2, -0.15) is 5.10 Å². The summed E-state index contributed by atoms with van der Waals surface area (Å²) in [6, 6.07) is 8.37. The van der Waals surface area contributed by atoms with Crippen LogP contribution in [0.3, 0.4) is 0 Å². The van der Waals surface area contributed by atoms with E-state index in [4.69, 9.17) is 16.0 Å². The SMILES string of the molecule is CC(C(=O)Cc1cc(C(C)(C)C(C)(F)F)on1)c1ccc(-c2nn(C(C)C)c(N)c2C(N)=O)cc1. The van der Waals surface area contributed by atoms with Gasteiger partial charge in [0.15, 0.2) is 0 Å². The number of carbonyl (C=O) groups is 2. The number of hydrogen-bond acceptors (Lipinski definition) is 6. The molecular weight excluding hydrogens is 456 g/mol. The van der Waals surface area contributed by atoms with Crippen molar-refractivity contribution < 1.29 is 22.9 Å². The minimum absolute atomic E-state index is 0.0233. The van der Waals surface area contributed by atoms with E-state index in [1.54, 1.807) is 31.2 Å². The molecule has 0 radical (unpaired) electrons. The zero-order valence-corrected chi connectivity index (χ0v) is 20.7. The normalized spacial score (nSPS) is 13.3.